The predicted octanol–water partition coefficient (Wildman–Crippen LogP) is 3.19. The molecular weight excluding hydrogens is 352 g/mol. The molecule has 2 heterocycles. The van der Waals surface area contributed by atoms with E-state index < -0.39 is 5.60 Å². The van der Waals surface area contributed by atoms with Gasteiger partial charge in [0.1, 0.15) is 11.6 Å². The number of hydrogen-bond donors (Lipinski definition) is 1. The lowest BCUT2D eigenvalue weighted by Crippen LogP contribution is -2.24. The highest BCUT2D eigenvalue weighted by Crippen LogP contribution is 2.35. The summed E-state index contributed by atoms with van der Waals surface area (Å²) < 4.78 is 1.93. The molecule has 28 heavy (non-hydrogen) atoms. The van der Waals surface area contributed by atoms with E-state index in [0.29, 0.717) is 12.2 Å². The van der Waals surface area contributed by atoms with Gasteiger partial charge >= 0.3 is 0 Å². The third-order valence-corrected chi connectivity index (χ3v) is 5.28. The quantitative estimate of drug-likeness (QED) is 0.638. The molecule has 0 amide bonds. The summed E-state index contributed by atoms with van der Waals surface area (Å²) in [5, 5.41) is 24.5. The van der Waals surface area contributed by atoms with Crippen LogP contribution in [0.15, 0.2) is 42.2 Å². The minimum absolute atomic E-state index is 0.150. The van der Waals surface area contributed by atoms with Crippen LogP contribution in [-0.4, -0.2) is 38.7 Å². The highest BCUT2D eigenvalue weighted by molar-refractivity contribution is 6.04. The summed E-state index contributed by atoms with van der Waals surface area (Å²) in [7, 11) is 0. The van der Waals surface area contributed by atoms with Crippen LogP contribution in [0.5, 0.6) is 0 Å². The molecule has 0 radical (unpaired) electrons. The first kappa shape index (κ1) is 19.8. The Morgan fingerprint density at radius 1 is 1.39 bits per heavy atom. The number of hydrogen-bond acceptors (Lipinski definition) is 5. The zero-order chi connectivity index (χ0) is 20.5. The molecule has 0 spiro atoms. The van der Waals surface area contributed by atoms with Crippen molar-refractivity contribution >= 4 is 11.5 Å². The standard InChI is InChI=1S/C22H26N4O2/c1-15-6-7-17(22(3,4)28)12-19(15)21(20(13-23)16(2)27)25-11-8-18(14-25)26-10-5-9-24-26/h5-7,9-10,12,18,28H,8,11,14H2,1-4H3/b21-20+/t18-/m1/s1. The van der Waals surface area contributed by atoms with Crippen LogP contribution in [0, 0.1) is 18.3 Å². The average molecular weight is 378 g/mol. The summed E-state index contributed by atoms with van der Waals surface area (Å²) in [4.78, 5) is 14.4. The maximum Gasteiger partial charge on any atom is 0.172 e. The van der Waals surface area contributed by atoms with Gasteiger partial charge in [-0.1, -0.05) is 12.1 Å². The fourth-order valence-electron chi connectivity index (χ4n) is 3.68. The second-order valence-corrected chi connectivity index (χ2v) is 7.85. The number of allylic oxidation sites excluding steroid dienone is 1. The van der Waals surface area contributed by atoms with Gasteiger partial charge < -0.3 is 10.0 Å². The van der Waals surface area contributed by atoms with Crippen molar-refractivity contribution in [3.05, 3.63) is 58.9 Å². The van der Waals surface area contributed by atoms with Gasteiger partial charge in [0, 0.05) is 31.0 Å². The molecule has 0 saturated carbocycles. The molecule has 1 aliphatic rings. The zero-order valence-electron chi connectivity index (χ0n) is 16.8. The van der Waals surface area contributed by atoms with Gasteiger partial charge in [0.15, 0.2) is 5.78 Å². The molecule has 0 bridgehead atoms. The highest BCUT2D eigenvalue weighted by atomic mass is 16.3. The van der Waals surface area contributed by atoms with Crippen LogP contribution in [0.1, 0.15) is 49.9 Å². The van der Waals surface area contributed by atoms with E-state index in [1.165, 1.54) is 6.92 Å². The van der Waals surface area contributed by atoms with E-state index in [2.05, 4.69) is 16.1 Å². The molecule has 1 aliphatic heterocycles. The number of Topliss-reactive ketones (excluding diaryl/α,β-unsaturated/α-hetero) is 1. The Balaban J connectivity index is 2.11. The average Bonchev–Trinajstić information content (AvgIpc) is 3.30. The summed E-state index contributed by atoms with van der Waals surface area (Å²) in [5.41, 5.74) is 2.30. The number of aryl methyl sites for hydroxylation is 1. The molecule has 3 rings (SSSR count). The number of benzene rings is 1. The second kappa shape index (κ2) is 7.61. The van der Waals surface area contributed by atoms with Crippen molar-refractivity contribution in [2.75, 3.05) is 13.1 Å². The summed E-state index contributed by atoms with van der Waals surface area (Å²) in [6, 6.07) is 9.91. The normalized spacial score (nSPS) is 18.0. The van der Waals surface area contributed by atoms with Crippen LogP contribution in [-0.2, 0) is 10.4 Å². The van der Waals surface area contributed by atoms with Gasteiger partial charge in [0.2, 0.25) is 0 Å². The highest BCUT2D eigenvalue weighted by Gasteiger charge is 2.30. The van der Waals surface area contributed by atoms with E-state index in [9.17, 15) is 15.2 Å². The van der Waals surface area contributed by atoms with E-state index in [1.54, 1.807) is 20.0 Å². The molecule has 0 unspecified atom stereocenters. The second-order valence-electron chi connectivity index (χ2n) is 7.85. The summed E-state index contributed by atoms with van der Waals surface area (Å²) in [6.07, 6.45) is 4.58. The zero-order valence-corrected chi connectivity index (χ0v) is 16.8. The van der Waals surface area contributed by atoms with Crippen LogP contribution >= 0.6 is 0 Å². The van der Waals surface area contributed by atoms with E-state index in [1.807, 2.05) is 42.1 Å². The largest absolute Gasteiger partial charge is 0.386 e. The van der Waals surface area contributed by atoms with Crippen LogP contribution in [0.4, 0.5) is 0 Å². The molecule has 1 atom stereocenters. The SMILES string of the molecule is CC(=O)/C(C#N)=C(\c1cc(C(C)(C)O)ccc1C)N1CC[C@@H](n2cccn2)C1. The number of aromatic nitrogens is 2. The number of likely N-dealkylation sites (tertiary alicyclic amines) is 1. The molecule has 1 N–H and O–H groups in total. The first-order valence-electron chi connectivity index (χ1n) is 9.45. The number of nitrogens with zero attached hydrogens (tertiary/aromatic N) is 4. The van der Waals surface area contributed by atoms with Crippen molar-refractivity contribution < 1.29 is 9.90 Å². The van der Waals surface area contributed by atoms with Gasteiger partial charge in [-0.15, -0.1) is 0 Å². The third-order valence-electron chi connectivity index (χ3n) is 5.28. The Labute approximate surface area is 165 Å². The lowest BCUT2D eigenvalue weighted by atomic mass is 9.91. The Morgan fingerprint density at radius 2 is 2.14 bits per heavy atom. The van der Waals surface area contributed by atoms with Crippen LogP contribution in [0.25, 0.3) is 5.70 Å². The maximum absolute atomic E-state index is 12.3. The Hall–Kier alpha value is -2.91. The number of nitriles is 1. The van der Waals surface area contributed by atoms with Crippen molar-refractivity contribution in [3.8, 4) is 6.07 Å². The molecule has 1 aromatic carbocycles. The Bertz CT molecular complexity index is 946. The van der Waals surface area contributed by atoms with E-state index in [4.69, 9.17) is 0 Å². The predicted molar refractivity (Wildman–Crippen MR) is 107 cm³/mol. The Morgan fingerprint density at radius 3 is 2.71 bits per heavy atom. The molecule has 6 heteroatoms. The van der Waals surface area contributed by atoms with Gasteiger partial charge in [-0.2, -0.15) is 10.4 Å². The molecule has 1 aromatic heterocycles. The number of carbonyl (C=O) groups is 1. The van der Waals surface area contributed by atoms with Crippen LogP contribution in [0.3, 0.4) is 0 Å². The van der Waals surface area contributed by atoms with Crippen molar-refractivity contribution in [2.24, 2.45) is 0 Å². The van der Waals surface area contributed by atoms with Crippen molar-refractivity contribution in [2.45, 2.75) is 45.8 Å². The van der Waals surface area contributed by atoms with Crippen LogP contribution in [0.2, 0.25) is 0 Å². The lowest BCUT2D eigenvalue weighted by Gasteiger charge is -2.27. The van der Waals surface area contributed by atoms with E-state index in [-0.39, 0.29) is 17.4 Å². The monoisotopic (exact) mass is 378 g/mol. The van der Waals surface area contributed by atoms with Crippen LogP contribution < -0.4 is 0 Å². The summed E-state index contributed by atoms with van der Waals surface area (Å²) in [5.74, 6) is -0.256. The number of aliphatic hydroxyl groups is 1. The lowest BCUT2D eigenvalue weighted by molar-refractivity contribution is -0.113. The van der Waals surface area contributed by atoms with Crippen molar-refractivity contribution in [1.29, 1.82) is 5.26 Å². The van der Waals surface area contributed by atoms with Gasteiger partial charge in [0.05, 0.1) is 17.3 Å². The summed E-state index contributed by atoms with van der Waals surface area (Å²) >= 11 is 0. The smallest absolute Gasteiger partial charge is 0.172 e. The Kier molecular flexibility index (Phi) is 5.39. The fourth-order valence-corrected chi connectivity index (χ4v) is 3.68. The minimum Gasteiger partial charge on any atom is -0.386 e. The van der Waals surface area contributed by atoms with Gasteiger partial charge in [-0.3, -0.25) is 9.48 Å². The fraction of sp³-hybridized carbons (Fsp3) is 0.409. The van der Waals surface area contributed by atoms with Crippen molar-refractivity contribution in [1.82, 2.24) is 14.7 Å². The number of carbonyl (C=O) groups excluding carboxylic acids is 1. The van der Waals surface area contributed by atoms with E-state index in [0.717, 1.165) is 29.7 Å². The molecule has 2 aromatic rings. The van der Waals surface area contributed by atoms with Gasteiger partial charge in [0.25, 0.3) is 0 Å². The maximum atomic E-state index is 12.3. The van der Waals surface area contributed by atoms with Gasteiger partial charge in [-0.25, -0.2) is 0 Å². The molecule has 6 nitrogen and oxygen atoms in total. The molecule has 146 valence electrons. The van der Waals surface area contributed by atoms with Crippen molar-refractivity contribution in [3.63, 3.8) is 0 Å². The van der Waals surface area contributed by atoms with E-state index >= 15 is 0 Å². The molecule has 1 fully saturated rings. The first-order chi connectivity index (χ1) is 13.2. The molecule has 1 saturated heterocycles. The minimum atomic E-state index is -1.01. The molecule has 0 aliphatic carbocycles. The van der Waals surface area contributed by atoms with Gasteiger partial charge in [-0.05, 0) is 57.4 Å². The number of ketones is 1. The number of rotatable bonds is 5. The first-order valence-corrected chi connectivity index (χ1v) is 9.45. The third kappa shape index (κ3) is 3.85. The molecular formula is C22H26N4O2. The summed E-state index contributed by atoms with van der Waals surface area (Å²) in [6.45, 7) is 8.23. The topological polar surface area (TPSA) is 82.1 Å².